The fraction of sp³-hybridized carbons (Fsp3) is 0.158. The minimum absolute atomic E-state index is 0.165. The lowest BCUT2D eigenvalue weighted by Gasteiger charge is -2.11. The Hall–Kier alpha value is -2.58. The molecule has 24 heavy (non-hydrogen) atoms. The standard InChI is InChI=1S/C19H15BrN4/c20-15-7-5-12(6-8-15)18-17(11-21)19(22)24(23-18)16-9-13-3-1-2-4-14(13)10-16/h1-8,16H,9-10,22H2. The van der Waals surface area contributed by atoms with E-state index in [1.165, 1.54) is 11.1 Å². The summed E-state index contributed by atoms with van der Waals surface area (Å²) >= 11 is 3.43. The minimum Gasteiger partial charge on any atom is -0.383 e. The van der Waals surface area contributed by atoms with E-state index in [2.05, 4.69) is 46.3 Å². The molecule has 5 heteroatoms. The molecular weight excluding hydrogens is 364 g/mol. The van der Waals surface area contributed by atoms with Gasteiger partial charge < -0.3 is 5.73 Å². The number of benzene rings is 2. The molecule has 0 saturated heterocycles. The molecule has 1 aromatic heterocycles. The summed E-state index contributed by atoms with van der Waals surface area (Å²) in [5.41, 5.74) is 10.9. The van der Waals surface area contributed by atoms with Crippen LogP contribution in [0.15, 0.2) is 53.0 Å². The van der Waals surface area contributed by atoms with E-state index in [-0.39, 0.29) is 6.04 Å². The molecule has 0 fully saturated rings. The Morgan fingerprint density at radius 1 is 1.08 bits per heavy atom. The molecule has 3 aromatic rings. The Labute approximate surface area is 148 Å². The lowest BCUT2D eigenvalue weighted by molar-refractivity contribution is 0.483. The maximum atomic E-state index is 9.55. The average molecular weight is 379 g/mol. The molecule has 2 aromatic carbocycles. The van der Waals surface area contributed by atoms with Crippen LogP contribution in [0.25, 0.3) is 11.3 Å². The second-order valence-corrected chi connectivity index (χ2v) is 6.92. The van der Waals surface area contributed by atoms with E-state index in [9.17, 15) is 5.26 Å². The fourth-order valence-electron chi connectivity index (χ4n) is 3.35. The average Bonchev–Trinajstić information content (AvgIpc) is 3.16. The first-order valence-corrected chi connectivity index (χ1v) is 8.57. The van der Waals surface area contributed by atoms with Gasteiger partial charge in [0.25, 0.3) is 0 Å². The number of fused-ring (bicyclic) bond motifs is 1. The largest absolute Gasteiger partial charge is 0.383 e. The van der Waals surface area contributed by atoms with E-state index in [1.54, 1.807) is 0 Å². The van der Waals surface area contributed by atoms with Crippen molar-refractivity contribution in [2.75, 3.05) is 5.73 Å². The highest BCUT2D eigenvalue weighted by Gasteiger charge is 2.27. The highest BCUT2D eigenvalue weighted by molar-refractivity contribution is 9.10. The van der Waals surface area contributed by atoms with Gasteiger partial charge in [0.15, 0.2) is 0 Å². The molecule has 0 amide bonds. The molecular formula is C19H15BrN4. The monoisotopic (exact) mass is 378 g/mol. The van der Waals surface area contributed by atoms with Crippen LogP contribution < -0.4 is 5.73 Å². The maximum absolute atomic E-state index is 9.55. The summed E-state index contributed by atoms with van der Waals surface area (Å²) in [4.78, 5) is 0. The summed E-state index contributed by atoms with van der Waals surface area (Å²) in [6, 6.07) is 18.6. The van der Waals surface area contributed by atoms with E-state index in [1.807, 2.05) is 28.9 Å². The third-order valence-corrected chi connectivity index (χ3v) is 5.08. The van der Waals surface area contributed by atoms with Crippen LogP contribution in [0, 0.1) is 11.3 Å². The highest BCUT2D eigenvalue weighted by atomic mass is 79.9. The SMILES string of the molecule is N#Cc1c(-c2ccc(Br)cc2)nn(C2Cc3ccccc3C2)c1N. The molecule has 1 heterocycles. The first-order valence-electron chi connectivity index (χ1n) is 7.78. The topological polar surface area (TPSA) is 67.6 Å². The number of hydrogen-bond donors (Lipinski definition) is 1. The van der Waals surface area contributed by atoms with Crippen molar-refractivity contribution in [1.29, 1.82) is 5.26 Å². The normalized spacial score (nSPS) is 13.7. The second-order valence-electron chi connectivity index (χ2n) is 6.00. The summed E-state index contributed by atoms with van der Waals surface area (Å²) in [5.74, 6) is 0.452. The number of nitrogens with zero attached hydrogens (tertiary/aromatic N) is 3. The van der Waals surface area contributed by atoms with Crippen molar-refractivity contribution in [3.63, 3.8) is 0 Å². The highest BCUT2D eigenvalue weighted by Crippen LogP contribution is 2.35. The number of aromatic nitrogens is 2. The van der Waals surface area contributed by atoms with Gasteiger partial charge in [-0.15, -0.1) is 0 Å². The molecule has 1 aliphatic rings. The number of nitriles is 1. The summed E-state index contributed by atoms with van der Waals surface area (Å²) in [6.45, 7) is 0. The molecule has 118 valence electrons. The van der Waals surface area contributed by atoms with Gasteiger partial charge in [-0.3, -0.25) is 0 Å². The summed E-state index contributed by atoms with van der Waals surface area (Å²) in [6.07, 6.45) is 1.79. The predicted octanol–water partition coefficient (Wildman–Crippen LogP) is 4.11. The van der Waals surface area contributed by atoms with Crippen molar-refractivity contribution in [3.05, 3.63) is 69.7 Å². The molecule has 1 aliphatic carbocycles. The van der Waals surface area contributed by atoms with Gasteiger partial charge in [-0.25, -0.2) is 4.68 Å². The van der Waals surface area contributed by atoms with Crippen molar-refractivity contribution < 1.29 is 0 Å². The molecule has 0 spiro atoms. The third-order valence-electron chi connectivity index (χ3n) is 4.55. The number of halogens is 1. The van der Waals surface area contributed by atoms with Crippen LogP contribution in [0.5, 0.6) is 0 Å². The zero-order valence-electron chi connectivity index (χ0n) is 12.9. The third kappa shape index (κ3) is 2.40. The number of nitrogen functional groups attached to an aromatic ring is 1. The van der Waals surface area contributed by atoms with E-state index in [4.69, 9.17) is 10.8 Å². The smallest absolute Gasteiger partial charge is 0.140 e. The van der Waals surface area contributed by atoms with Gasteiger partial charge in [0.1, 0.15) is 23.1 Å². The van der Waals surface area contributed by atoms with Crippen molar-refractivity contribution in [2.45, 2.75) is 18.9 Å². The molecule has 4 rings (SSSR count). The molecule has 0 aliphatic heterocycles. The molecule has 2 N–H and O–H groups in total. The van der Waals surface area contributed by atoms with Crippen LogP contribution in [0.1, 0.15) is 22.7 Å². The fourth-order valence-corrected chi connectivity index (χ4v) is 3.62. The molecule has 4 nitrogen and oxygen atoms in total. The van der Waals surface area contributed by atoms with Crippen LogP contribution in [0.4, 0.5) is 5.82 Å². The van der Waals surface area contributed by atoms with Gasteiger partial charge >= 0.3 is 0 Å². The van der Waals surface area contributed by atoms with Crippen molar-refractivity contribution in [2.24, 2.45) is 0 Å². The van der Waals surface area contributed by atoms with E-state index in [0.29, 0.717) is 17.1 Å². The lowest BCUT2D eigenvalue weighted by Crippen LogP contribution is -2.13. The maximum Gasteiger partial charge on any atom is 0.140 e. The van der Waals surface area contributed by atoms with Gasteiger partial charge in [0.05, 0.1) is 6.04 Å². The van der Waals surface area contributed by atoms with Crippen LogP contribution in [-0.2, 0) is 12.8 Å². The first-order chi connectivity index (χ1) is 11.7. The Kier molecular flexibility index (Phi) is 3.62. The first kappa shape index (κ1) is 15.0. The number of nitrogens with two attached hydrogens (primary N) is 1. The van der Waals surface area contributed by atoms with E-state index >= 15 is 0 Å². The van der Waals surface area contributed by atoms with Crippen LogP contribution in [0.3, 0.4) is 0 Å². The summed E-state index contributed by atoms with van der Waals surface area (Å²) < 4.78 is 2.82. The molecule has 0 radical (unpaired) electrons. The predicted molar refractivity (Wildman–Crippen MR) is 97.4 cm³/mol. The summed E-state index contributed by atoms with van der Waals surface area (Å²) in [5, 5.41) is 14.3. The van der Waals surface area contributed by atoms with Crippen molar-refractivity contribution >= 4 is 21.7 Å². The Morgan fingerprint density at radius 3 is 2.29 bits per heavy atom. The summed E-state index contributed by atoms with van der Waals surface area (Å²) in [7, 11) is 0. The van der Waals surface area contributed by atoms with Crippen LogP contribution in [-0.4, -0.2) is 9.78 Å². The Morgan fingerprint density at radius 2 is 1.71 bits per heavy atom. The second kappa shape index (κ2) is 5.81. The van der Waals surface area contributed by atoms with E-state index < -0.39 is 0 Å². The van der Waals surface area contributed by atoms with Gasteiger partial charge in [-0.05, 0) is 36.1 Å². The zero-order chi connectivity index (χ0) is 16.7. The lowest BCUT2D eigenvalue weighted by atomic mass is 10.1. The van der Waals surface area contributed by atoms with Gasteiger partial charge in [-0.2, -0.15) is 10.4 Å². The van der Waals surface area contributed by atoms with Crippen molar-refractivity contribution in [3.8, 4) is 17.3 Å². The molecule has 0 saturated carbocycles. The number of rotatable bonds is 2. The van der Waals surface area contributed by atoms with Crippen LogP contribution >= 0.6 is 15.9 Å². The minimum atomic E-state index is 0.165. The number of hydrogen-bond acceptors (Lipinski definition) is 3. The number of anilines is 1. The van der Waals surface area contributed by atoms with Gasteiger partial charge in [0.2, 0.25) is 0 Å². The van der Waals surface area contributed by atoms with Gasteiger partial charge in [-0.1, -0.05) is 52.3 Å². The molecule has 0 atom stereocenters. The quantitative estimate of drug-likeness (QED) is 0.729. The Bertz CT molecular complexity index is 925. The molecule has 0 unspecified atom stereocenters. The Balaban J connectivity index is 1.76. The molecule has 0 bridgehead atoms. The van der Waals surface area contributed by atoms with Gasteiger partial charge in [0, 0.05) is 10.0 Å². The zero-order valence-corrected chi connectivity index (χ0v) is 14.5. The van der Waals surface area contributed by atoms with Crippen LogP contribution in [0.2, 0.25) is 0 Å². The van der Waals surface area contributed by atoms with Crippen molar-refractivity contribution in [1.82, 2.24) is 9.78 Å². The van der Waals surface area contributed by atoms with E-state index in [0.717, 1.165) is 22.9 Å².